The maximum absolute atomic E-state index is 12.7. The summed E-state index contributed by atoms with van der Waals surface area (Å²) < 4.78 is 0. The highest BCUT2D eigenvalue weighted by Gasteiger charge is 2.54. The zero-order valence-electron chi connectivity index (χ0n) is 14.3. The second-order valence-electron chi connectivity index (χ2n) is 7.55. The van der Waals surface area contributed by atoms with Crippen molar-refractivity contribution in [2.45, 2.75) is 18.9 Å². The molecule has 2 unspecified atom stereocenters. The molecule has 0 spiro atoms. The number of aromatic nitrogens is 1. The number of hydrogen-bond donors (Lipinski definition) is 2. The summed E-state index contributed by atoms with van der Waals surface area (Å²) in [5.41, 5.74) is -0.123. The van der Waals surface area contributed by atoms with Crippen LogP contribution >= 0.6 is 11.8 Å². The first-order valence-electron chi connectivity index (χ1n) is 8.99. The van der Waals surface area contributed by atoms with Gasteiger partial charge in [0.25, 0.3) is 5.91 Å². The number of hydrogen-bond acceptors (Lipinski definition) is 6. The molecule has 3 aliphatic heterocycles. The molecule has 0 aliphatic carbocycles. The van der Waals surface area contributed by atoms with Crippen molar-refractivity contribution in [2.24, 2.45) is 11.3 Å². The van der Waals surface area contributed by atoms with Gasteiger partial charge in [-0.25, -0.2) is 4.98 Å². The van der Waals surface area contributed by atoms with Crippen molar-refractivity contribution in [1.29, 1.82) is 0 Å². The van der Waals surface area contributed by atoms with Crippen molar-refractivity contribution in [3.05, 3.63) is 24.0 Å². The van der Waals surface area contributed by atoms with Crippen LogP contribution in [0.3, 0.4) is 0 Å². The van der Waals surface area contributed by atoms with E-state index in [1.54, 1.807) is 11.0 Å². The van der Waals surface area contributed by atoms with Gasteiger partial charge in [-0.2, -0.15) is 11.8 Å². The normalized spacial score (nSPS) is 30.6. The molecule has 3 aliphatic rings. The third-order valence-electron chi connectivity index (χ3n) is 6.08. The van der Waals surface area contributed by atoms with E-state index in [0.29, 0.717) is 25.0 Å². The van der Waals surface area contributed by atoms with Crippen molar-refractivity contribution in [1.82, 2.24) is 14.8 Å². The fraction of sp³-hybridized carbons (Fsp3) is 0.667. The molecule has 7 heteroatoms. The number of pyridine rings is 1. The number of amides is 1. The molecule has 0 radical (unpaired) electrons. The molecule has 0 aromatic carbocycles. The van der Waals surface area contributed by atoms with Crippen molar-refractivity contribution in [3.8, 4) is 5.75 Å². The molecule has 4 heterocycles. The Morgan fingerprint density at radius 3 is 2.80 bits per heavy atom. The van der Waals surface area contributed by atoms with Gasteiger partial charge in [0.2, 0.25) is 0 Å². The van der Waals surface area contributed by atoms with E-state index in [0.717, 1.165) is 13.1 Å². The summed E-state index contributed by atoms with van der Waals surface area (Å²) in [6, 6.07) is 3.72. The SMILES string of the molecule is O=C(c1ncccc1O)N1CC2CN(C3CCSCC3)CC2(CO)C1. The quantitative estimate of drug-likeness (QED) is 0.836. The Morgan fingerprint density at radius 2 is 2.12 bits per heavy atom. The zero-order chi connectivity index (χ0) is 17.4. The van der Waals surface area contributed by atoms with Crippen LogP contribution in [0.2, 0.25) is 0 Å². The van der Waals surface area contributed by atoms with Crippen molar-refractivity contribution < 1.29 is 15.0 Å². The number of aliphatic hydroxyl groups is 1. The van der Waals surface area contributed by atoms with Gasteiger partial charge in [0, 0.05) is 43.8 Å². The predicted molar refractivity (Wildman–Crippen MR) is 96.7 cm³/mol. The van der Waals surface area contributed by atoms with E-state index < -0.39 is 0 Å². The lowest BCUT2D eigenvalue weighted by atomic mass is 9.82. The molecule has 136 valence electrons. The smallest absolute Gasteiger partial charge is 0.276 e. The first kappa shape index (κ1) is 17.1. The summed E-state index contributed by atoms with van der Waals surface area (Å²) in [4.78, 5) is 21.1. The Hall–Kier alpha value is -1.31. The molecule has 2 atom stereocenters. The second-order valence-corrected chi connectivity index (χ2v) is 8.77. The average Bonchev–Trinajstić information content (AvgIpc) is 3.17. The summed E-state index contributed by atoms with van der Waals surface area (Å²) in [5.74, 6) is 2.43. The van der Waals surface area contributed by atoms with E-state index in [1.165, 1.54) is 36.6 Å². The zero-order valence-corrected chi connectivity index (χ0v) is 15.1. The fourth-order valence-corrected chi connectivity index (χ4v) is 5.72. The van der Waals surface area contributed by atoms with E-state index in [1.807, 2.05) is 11.8 Å². The molecule has 0 saturated carbocycles. The molecule has 3 saturated heterocycles. The summed E-state index contributed by atoms with van der Waals surface area (Å²) >= 11 is 2.03. The third-order valence-corrected chi connectivity index (χ3v) is 7.13. The molecule has 6 nitrogen and oxygen atoms in total. The fourth-order valence-electron chi connectivity index (χ4n) is 4.64. The Morgan fingerprint density at radius 1 is 1.32 bits per heavy atom. The molecule has 2 N–H and O–H groups in total. The van der Waals surface area contributed by atoms with Crippen LogP contribution in [0.1, 0.15) is 23.3 Å². The predicted octanol–water partition coefficient (Wildman–Crippen LogP) is 1.05. The highest BCUT2D eigenvalue weighted by atomic mass is 32.2. The van der Waals surface area contributed by atoms with Gasteiger partial charge < -0.3 is 15.1 Å². The van der Waals surface area contributed by atoms with Crippen LogP contribution in [0.4, 0.5) is 0 Å². The van der Waals surface area contributed by atoms with Crippen LogP contribution in [0, 0.1) is 11.3 Å². The van der Waals surface area contributed by atoms with Crippen molar-refractivity contribution in [2.75, 3.05) is 44.3 Å². The van der Waals surface area contributed by atoms with E-state index >= 15 is 0 Å². The number of aliphatic hydroxyl groups excluding tert-OH is 1. The Labute approximate surface area is 152 Å². The highest BCUT2D eigenvalue weighted by Crippen LogP contribution is 2.44. The van der Waals surface area contributed by atoms with E-state index in [9.17, 15) is 15.0 Å². The number of rotatable bonds is 3. The molecule has 1 aromatic heterocycles. The number of aromatic hydroxyl groups is 1. The minimum absolute atomic E-state index is 0.0797. The summed E-state index contributed by atoms with van der Waals surface area (Å²) in [6.07, 6.45) is 3.97. The van der Waals surface area contributed by atoms with Gasteiger partial charge in [-0.3, -0.25) is 9.69 Å². The van der Waals surface area contributed by atoms with Crippen molar-refractivity contribution >= 4 is 17.7 Å². The number of likely N-dealkylation sites (tertiary alicyclic amines) is 2. The molecule has 25 heavy (non-hydrogen) atoms. The first-order valence-corrected chi connectivity index (χ1v) is 10.1. The minimum Gasteiger partial charge on any atom is -0.505 e. The third kappa shape index (κ3) is 3.02. The van der Waals surface area contributed by atoms with Gasteiger partial charge in [-0.15, -0.1) is 0 Å². The van der Waals surface area contributed by atoms with Crippen molar-refractivity contribution in [3.63, 3.8) is 0 Å². The number of thioether (sulfide) groups is 1. The standard InChI is InChI=1S/C18H25N3O3S/c22-12-18-10-20(14-3-6-25-7-4-14)8-13(18)9-21(11-18)17(24)16-15(23)2-1-5-19-16/h1-2,5,13-14,22-23H,3-4,6-12H2. The van der Waals surface area contributed by atoms with E-state index in [2.05, 4.69) is 9.88 Å². The molecule has 3 fully saturated rings. The molecule has 4 rings (SSSR count). The number of carbonyl (C=O) groups excluding carboxylic acids is 1. The maximum atomic E-state index is 12.7. The highest BCUT2D eigenvalue weighted by molar-refractivity contribution is 7.99. The largest absolute Gasteiger partial charge is 0.505 e. The Balaban J connectivity index is 1.48. The van der Waals surface area contributed by atoms with Crippen LogP contribution in [-0.4, -0.2) is 81.2 Å². The van der Waals surface area contributed by atoms with Crippen LogP contribution in [-0.2, 0) is 0 Å². The number of carbonyl (C=O) groups is 1. The maximum Gasteiger partial charge on any atom is 0.276 e. The van der Waals surface area contributed by atoms with Gasteiger partial charge in [-0.1, -0.05) is 0 Å². The second kappa shape index (κ2) is 6.78. The lowest BCUT2D eigenvalue weighted by Crippen LogP contribution is -2.43. The van der Waals surface area contributed by atoms with E-state index in [-0.39, 0.29) is 29.4 Å². The first-order chi connectivity index (χ1) is 12.1. The summed E-state index contributed by atoms with van der Waals surface area (Å²) in [7, 11) is 0. The Kier molecular flexibility index (Phi) is 4.64. The summed E-state index contributed by atoms with van der Waals surface area (Å²) in [6.45, 7) is 3.09. The molecule has 1 amide bonds. The monoisotopic (exact) mass is 363 g/mol. The lowest BCUT2D eigenvalue weighted by molar-refractivity contribution is 0.0693. The van der Waals surface area contributed by atoms with Crippen LogP contribution in [0.25, 0.3) is 0 Å². The minimum atomic E-state index is -0.235. The van der Waals surface area contributed by atoms with Gasteiger partial charge in [-0.05, 0) is 42.4 Å². The molecule has 1 aromatic rings. The number of fused-ring (bicyclic) bond motifs is 1. The van der Waals surface area contributed by atoms with Gasteiger partial charge >= 0.3 is 0 Å². The van der Waals surface area contributed by atoms with E-state index in [4.69, 9.17) is 0 Å². The molecular weight excluding hydrogens is 338 g/mol. The average molecular weight is 363 g/mol. The Bertz CT molecular complexity index is 652. The van der Waals surface area contributed by atoms with Crippen LogP contribution < -0.4 is 0 Å². The summed E-state index contributed by atoms with van der Waals surface area (Å²) in [5, 5.41) is 20.0. The molecular formula is C18H25N3O3S. The van der Waals surface area contributed by atoms with Gasteiger partial charge in [0.1, 0.15) is 5.75 Å². The van der Waals surface area contributed by atoms with Gasteiger partial charge in [0.15, 0.2) is 5.69 Å². The topological polar surface area (TPSA) is 76.9 Å². The van der Waals surface area contributed by atoms with Gasteiger partial charge in [0.05, 0.1) is 6.61 Å². The van der Waals surface area contributed by atoms with Crippen LogP contribution in [0.15, 0.2) is 18.3 Å². The van der Waals surface area contributed by atoms with Crippen LogP contribution in [0.5, 0.6) is 5.75 Å². The number of nitrogens with zero attached hydrogens (tertiary/aromatic N) is 3. The lowest BCUT2D eigenvalue weighted by Gasteiger charge is -2.33. The molecule has 0 bridgehead atoms.